The van der Waals surface area contributed by atoms with Crippen LogP contribution in [0.25, 0.3) is 0 Å². The van der Waals surface area contributed by atoms with Crippen molar-refractivity contribution in [1.82, 2.24) is 0 Å². The molecule has 0 saturated carbocycles. The zero-order chi connectivity index (χ0) is 11.8. The molecule has 0 aliphatic carbocycles. The maximum absolute atomic E-state index is 11.2. The molecule has 2 N–H and O–H groups in total. The van der Waals surface area contributed by atoms with Gasteiger partial charge in [-0.25, -0.2) is 9.59 Å². The number of carboxylic acids is 1. The summed E-state index contributed by atoms with van der Waals surface area (Å²) in [6.07, 6.45) is 1.64. The van der Waals surface area contributed by atoms with Crippen LogP contribution in [0.15, 0.2) is 11.6 Å². The van der Waals surface area contributed by atoms with Crippen LogP contribution in [0.5, 0.6) is 0 Å². The summed E-state index contributed by atoms with van der Waals surface area (Å²) in [6, 6.07) is 0. The Morgan fingerprint density at radius 2 is 2.00 bits per heavy atom. The van der Waals surface area contributed by atoms with Gasteiger partial charge in [-0.2, -0.15) is 0 Å². The number of aliphatic carboxylic acids is 1. The second kappa shape index (κ2) is 7.00. The van der Waals surface area contributed by atoms with Gasteiger partial charge in [0, 0.05) is 13.0 Å². The van der Waals surface area contributed by atoms with E-state index in [-0.39, 0.29) is 24.7 Å². The fourth-order valence-electron chi connectivity index (χ4n) is 0.867. The van der Waals surface area contributed by atoms with Crippen molar-refractivity contribution in [1.29, 1.82) is 0 Å². The topological polar surface area (TPSA) is 83.8 Å². The highest BCUT2D eigenvalue weighted by atomic mass is 16.5. The van der Waals surface area contributed by atoms with Gasteiger partial charge >= 0.3 is 11.9 Å². The number of carbonyl (C=O) groups excluding carboxylic acids is 1. The van der Waals surface area contributed by atoms with E-state index < -0.39 is 11.9 Å². The van der Waals surface area contributed by atoms with Gasteiger partial charge in [-0.1, -0.05) is 19.9 Å². The van der Waals surface area contributed by atoms with Gasteiger partial charge in [-0.15, -0.1) is 0 Å². The molecule has 0 saturated heterocycles. The monoisotopic (exact) mass is 216 g/mol. The second-order valence-corrected chi connectivity index (χ2v) is 3.34. The van der Waals surface area contributed by atoms with E-state index in [1.54, 1.807) is 13.8 Å². The van der Waals surface area contributed by atoms with E-state index in [2.05, 4.69) is 4.74 Å². The van der Waals surface area contributed by atoms with Crippen LogP contribution in [-0.2, 0) is 14.3 Å². The van der Waals surface area contributed by atoms with Gasteiger partial charge in [0.2, 0.25) is 0 Å². The molecule has 5 nitrogen and oxygen atoms in total. The highest BCUT2D eigenvalue weighted by Crippen LogP contribution is 2.05. The van der Waals surface area contributed by atoms with Crippen molar-refractivity contribution in [2.75, 3.05) is 13.2 Å². The molecule has 0 aliphatic rings. The summed E-state index contributed by atoms with van der Waals surface area (Å²) in [5.74, 6) is -2.19. The van der Waals surface area contributed by atoms with E-state index in [9.17, 15) is 9.59 Å². The lowest BCUT2D eigenvalue weighted by atomic mass is 10.1. The van der Waals surface area contributed by atoms with Gasteiger partial charge in [0.25, 0.3) is 0 Å². The van der Waals surface area contributed by atoms with Crippen molar-refractivity contribution in [3.8, 4) is 0 Å². The average molecular weight is 216 g/mol. The number of aliphatic hydroxyl groups is 1. The number of esters is 1. The standard InChI is InChI=1S/C10H16O5/c1-7(2)6-8(9(12)13)10(14)15-5-3-4-11/h6-7,11H,3-5H2,1-2H3,(H,12,13). The fourth-order valence-corrected chi connectivity index (χ4v) is 0.867. The minimum absolute atomic E-state index is 0.0258. The zero-order valence-electron chi connectivity index (χ0n) is 8.90. The molecule has 0 atom stereocenters. The van der Waals surface area contributed by atoms with E-state index in [1.165, 1.54) is 6.08 Å². The smallest absolute Gasteiger partial charge is 0.345 e. The number of allylic oxidation sites excluding steroid dienone is 1. The highest BCUT2D eigenvalue weighted by molar-refractivity contribution is 6.13. The van der Waals surface area contributed by atoms with Gasteiger partial charge < -0.3 is 14.9 Å². The predicted octanol–water partition coefficient (Wildman–Crippen LogP) is 0.579. The largest absolute Gasteiger partial charge is 0.477 e. The molecule has 0 radical (unpaired) electrons. The molecule has 0 spiro atoms. The molecule has 15 heavy (non-hydrogen) atoms. The number of aliphatic hydroxyl groups excluding tert-OH is 1. The van der Waals surface area contributed by atoms with E-state index in [1.807, 2.05) is 0 Å². The lowest BCUT2D eigenvalue weighted by Crippen LogP contribution is -2.17. The highest BCUT2D eigenvalue weighted by Gasteiger charge is 2.18. The summed E-state index contributed by atoms with van der Waals surface area (Å²) in [5.41, 5.74) is -0.358. The van der Waals surface area contributed by atoms with Crippen LogP contribution in [-0.4, -0.2) is 35.4 Å². The first-order valence-electron chi connectivity index (χ1n) is 4.72. The number of hydrogen-bond acceptors (Lipinski definition) is 4. The van der Waals surface area contributed by atoms with Crippen LogP contribution in [0.4, 0.5) is 0 Å². The van der Waals surface area contributed by atoms with Crippen molar-refractivity contribution < 1.29 is 24.5 Å². The first kappa shape index (κ1) is 13.6. The molecule has 0 amide bonds. The molecule has 0 heterocycles. The molecule has 0 bridgehead atoms. The minimum atomic E-state index is -1.29. The lowest BCUT2D eigenvalue weighted by Gasteiger charge is -2.05. The first-order chi connectivity index (χ1) is 6.99. The van der Waals surface area contributed by atoms with Gasteiger partial charge in [0.15, 0.2) is 0 Å². The Kier molecular flexibility index (Phi) is 6.37. The van der Waals surface area contributed by atoms with E-state index in [0.29, 0.717) is 6.42 Å². The van der Waals surface area contributed by atoms with E-state index in [0.717, 1.165) is 0 Å². The minimum Gasteiger partial charge on any atom is -0.477 e. The molecule has 0 aromatic carbocycles. The van der Waals surface area contributed by atoms with E-state index >= 15 is 0 Å². The van der Waals surface area contributed by atoms with Gasteiger partial charge in [-0.3, -0.25) is 0 Å². The number of hydrogen-bond donors (Lipinski definition) is 2. The number of ether oxygens (including phenoxy) is 1. The molecule has 86 valence electrons. The third-order valence-corrected chi connectivity index (χ3v) is 1.49. The number of rotatable bonds is 6. The zero-order valence-corrected chi connectivity index (χ0v) is 8.90. The van der Waals surface area contributed by atoms with Crippen molar-refractivity contribution in [3.63, 3.8) is 0 Å². The maximum atomic E-state index is 11.2. The SMILES string of the molecule is CC(C)C=C(C(=O)O)C(=O)OCCCO. The normalized spacial score (nSPS) is 11.6. The van der Waals surface area contributed by atoms with Crippen molar-refractivity contribution in [2.45, 2.75) is 20.3 Å². The Hall–Kier alpha value is -1.36. The third kappa shape index (κ3) is 5.85. The Morgan fingerprint density at radius 1 is 1.40 bits per heavy atom. The van der Waals surface area contributed by atoms with Crippen LogP contribution in [0, 0.1) is 5.92 Å². The molecule has 0 fully saturated rings. The Morgan fingerprint density at radius 3 is 2.40 bits per heavy atom. The van der Waals surface area contributed by atoms with Crippen LogP contribution >= 0.6 is 0 Å². The summed E-state index contributed by atoms with van der Waals surface area (Å²) >= 11 is 0. The Labute approximate surface area is 88.4 Å². The quantitative estimate of drug-likeness (QED) is 0.223. The molecule has 0 rings (SSSR count). The van der Waals surface area contributed by atoms with Crippen molar-refractivity contribution in [3.05, 3.63) is 11.6 Å². The summed E-state index contributed by atoms with van der Waals surface area (Å²) < 4.78 is 4.66. The van der Waals surface area contributed by atoms with Crippen LogP contribution in [0.1, 0.15) is 20.3 Å². The van der Waals surface area contributed by atoms with Crippen molar-refractivity contribution >= 4 is 11.9 Å². The number of carboxylic acid groups (broad SMARTS) is 1. The van der Waals surface area contributed by atoms with Crippen LogP contribution < -0.4 is 0 Å². The van der Waals surface area contributed by atoms with Gasteiger partial charge in [-0.05, 0) is 5.92 Å². The molecule has 0 aliphatic heterocycles. The third-order valence-electron chi connectivity index (χ3n) is 1.49. The Balaban J connectivity index is 4.38. The fraction of sp³-hybridized carbons (Fsp3) is 0.600. The van der Waals surface area contributed by atoms with Crippen LogP contribution in [0.3, 0.4) is 0 Å². The van der Waals surface area contributed by atoms with Crippen LogP contribution in [0.2, 0.25) is 0 Å². The second-order valence-electron chi connectivity index (χ2n) is 3.34. The molecule has 5 heteroatoms. The molecular formula is C10H16O5. The maximum Gasteiger partial charge on any atom is 0.345 e. The lowest BCUT2D eigenvalue weighted by molar-refractivity contribution is -0.144. The summed E-state index contributed by atoms with van der Waals surface area (Å²) in [4.78, 5) is 21.9. The first-order valence-corrected chi connectivity index (χ1v) is 4.72. The molecule has 0 unspecified atom stereocenters. The summed E-state index contributed by atoms with van der Waals surface area (Å²) in [5, 5.41) is 17.2. The molecule has 0 aromatic heterocycles. The van der Waals surface area contributed by atoms with Gasteiger partial charge in [0.05, 0.1) is 6.61 Å². The summed E-state index contributed by atoms with van der Waals surface area (Å²) in [7, 11) is 0. The van der Waals surface area contributed by atoms with Crippen molar-refractivity contribution in [2.24, 2.45) is 5.92 Å². The predicted molar refractivity (Wildman–Crippen MR) is 53.2 cm³/mol. The van der Waals surface area contributed by atoms with Gasteiger partial charge in [0.1, 0.15) is 5.57 Å². The molecular weight excluding hydrogens is 200 g/mol. The van der Waals surface area contributed by atoms with E-state index in [4.69, 9.17) is 10.2 Å². The Bertz CT molecular complexity index is 255. The average Bonchev–Trinajstić information content (AvgIpc) is 2.13. The molecule has 0 aromatic rings. The summed E-state index contributed by atoms with van der Waals surface area (Å²) in [6.45, 7) is 3.47. The number of carbonyl (C=O) groups is 2.